The second-order valence-corrected chi connectivity index (χ2v) is 6.54. The Morgan fingerprint density at radius 2 is 1.84 bits per heavy atom. The van der Waals surface area contributed by atoms with Gasteiger partial charge in [0.05, 0.1) is 12.9 Å². The number of ether oxygens (including phenoxy) is 1. The van der Waals surface area contributed by atoms with Crippen LogP contribution < -0.4 is 4.74 Å². The number of carbonyl (C=O) groups is 1. The minimum absolute atomic E-state index is 0.00131. The molecule has 0 aliphatic carbocycles. The summed E-state index contributed by atoms with van der Waals surface area (Å²) < 4.78 is 10.7. The van der Waals surface area contributed by atoms with Crippen molar-refractivity contribution in [1.82, 2.24) is 10.2 Å². The van der Waals surface area contributed by atoms with Crippen molar-refractivity contribution in [3.8, 4) is 17.2 Å². The van der Waals surface area contributed by atoms with Crippen LogP contribution in [0, 0.1) is 13.8 Å². The summed E-state index contributed by atoms with van der Waals surface area (Å²) in [5, 5.41) is 8.46. The lowest BCUT2D eigenvalue weighted by atomic mass is 10.1. The molecule has 0 amide bonds. The number of aryl methyl sites for hydroxylation is 2. The van der Waals surface area contributed by atoms with Crippen molar-refractivity contribution in [3.63, 3.8) is 0 Å². The van der Waals surface area contributed by atoms with Crippen LogP contribution in [0.4, 0.5) is 0 Å². The lowest BCUT2D eigenvalue weighted by Gasteiger charge is -2.02. The zero-order valence-corrected chi connectivity index (χ0v) is 15.1. The first-order valence-electron chi connectivity index (χ1n) is 7.78. The van der Waals surface area contributed by atoms with E-state index in [-0.39, 0.29) is 11.5 Å². The molecule has 6 heteroatoms. The first-order chi connectivity index (χ1) is 12.1. The van der Waals surface area contributed by atoms with Gasteiger partial charge in [-0.15, -0.1) is 10.2 Å². The third-order valence-corrected chi connectivity index (χ3v) is 4.72. The highest BCUT2D eigenvalue weighted by Crippen LogP contribution is 2.25. The van der Waals surface area contributed by atoms with E-state index in [4.69, 9.17) is 9.15 Å². The molecule has 0 N–H and O–H groups in total. The van der Waals surface area contributed by atoms with Crippen LogP contribution in [-0.4, -0.2) is 28.8 Å². The van der Waals surface area contributed by atoms with Gasteiger partial charge in [-0.3, -0.25) is 4.79 Å². The van der Waals surface area contributed by atoms with Gasteiger partial charge in [0.1, 0.15) is 5.75 Å². The second kappa shape index (κ2) is 7.53. The molecule has 5 nitrogen and oxygen atoms in total. The summed E-state index contributed by atoms with van der Waals surface area (Å²) >= 11 is 1.24. The molecule has 1 heterocycles. The van der Waals surface area contributed by atoms with Crippen molar-refractivity contribution in [2.24, 2.45) is 0 Å². The van der Waals surface area contributed by atoms with E-state index in [1.54, 1.807) is 31.4 Å². The van der Waals surface area contributed by atoms with Crippen LogP contribution in [0.5, 0.6) is 5.75 Å². The fourth-order valence-electron chi connectivity index (χ4n) is 2.25. The molecule has 0 unspecified atom stereocenters. The van der Waals surface area contributed by atoms with E-state index in [2.05, 4.69) is 17.1 Å². The van der Waals surface area contributed by atoms with E-state index >= 15 is 0 Å². The summed E-state index contributed by atoms with van der Waals surface area (Å²) in [7, 11) is 1.59. The number of Topliss-reactive ketones (excluding diaryl/α,β-unsaturated/α-hetero) is 1. The number of carbonyl (C=O) groups excluding carboxylic acids is 1. The maximum absolute atomic E-state index is 12.2. The van der Waals surface area contributed by atoms with Crippen LogP contribution in [-0.2, 0) is 0 Å². The molecule has 0 aliphatic rings. The summed E-state index contributed by atoms with van der Waals surface area (Å²) in [4.78, 5) is 12.2. The molecule has 25 heavy (non-hydrogen) atoms. The van der Waals surface area contributed by atoms with E-state index in [1.807, 2.05) is 25.1 Å². The Hall–Kier alpha value is -2.60. The van der Waals surface area contributed by atoms with Crippen LogP contribution >= 0.6 is 11.8 Å². The molecule has 0 spiro atoms. The Balaban J connectivity index is 1.64. The third-order valence-electron chi connectivity index (χ3n) is 3.90. The van der Waals surface area contributed by atoms with E-state index in [1.165, 1.54) is 22.9 Å². The number of thioether (sulfide) groups is 1. The number of rotatable bonds is 6. The SMILES string of the molecule is COc1ccc(C(=O)CSc2nnc(-c3ccc(C)c(C)c3)o2)cc1. The number of methoxy groups -OCH3 is 1. The molecule has 0 atom stereocenters. The normalized spacial score (nSPS) is 10.7. The van der Waals surface area contributed by atoms with Crippen molar-refractivity contribution < 1.29 is 13.9 Å². The van der Waals surface area contributed by atoms with Crippen molar-refractivity contribution in [3.05, 3.63) is 59.2 Å². The second-order valence-electron chi connectivity index (χ2n) is 5.61. The van der Waals surface area contributed by atoms with Crippen LogP contribution in [0.1, 0.15) is 21.5 Å². The Kier molecular flexibility index (Phi) is 5.19. The molecule has 0 radical (unpaired) electrons. The van der Waals surface area contributed by atoms with Crippen LogP contribution in [0.2, 0.25) is 0 Å². The predicted molar refractivity (Wildman–Crippen MR) is 97.3 cm³/mol. The number of nitrogens with zero attached hydrogens (tertiary/aromatic N) is 2. The summed E-state index contributed by atoms with van der Waals surface area (Å²) in [6.45, 7) is 4.09. The van der Waals surface area contributed by atoms with Crippen molar-refractivity contribution in [2.75, 3.05) is 12.9 Å². The summed E-state index contributed by atoms with van der Waals surface area (Å²) in [6, 6.07) is 13.0. The number of ketones is 1. The van der Waals surface area contributed by atoms with Crippen molar-refractivity contribution in [2.45, 2.75) is 19.1 Å². The van der Waals surface area contributed by atoms with Crippen molar-refractivity contribution >= 4 is 17.5 Å². The molecular formula is C19H18N2O3S. The van der Waals surface area contributed by atoms with Gasteiger partial charge in [0.15, 0.2) is 5.78 Å². The standard InChI is InChI=1S/C19H18N2O3S/c1-12-4-5-15(10-13(12)2)18-20-21-19(24-18)25-11-17(22)14-6-8-16(23-3)9-7-14/h4-10H,11H2,1-3H3. The van der Waals surface area contributed by atoms with Gasteiger partial charge in [0, 0.05) is 11.1 Å². The largest absolute Gasteiger partial charge is 0.497 e. The average molecular weight is 354 g/mol. The molecule has 128 valence electrons. The van der Waals surface area contributed by atoms with Gasteiger partial charge in [0.25, 0.3) is 5.22 Å². The average Bonchev–Trinajstić information content (AvgIpc) is 3.11. The van der Waals surface area contributed by atoms with Gasteiger partial charge in [0.2, 0.25) is 5.89 Å². The first-order valence-corrected chi connectivity index (χ1v) is 8.76. The fraction of sp³-hybridized carbons (Fsp3) is 0.211. The van der Waals surface area contributed by atoms with Gasteiger partial charge in [-0.25, -0.2) is 0 Å². The van der Waals surface area contributed by atoms with E-state index in [0.717, 1.165) is 11.3 Å². The van der Waals surface area contributed by atoms with Crippen LogP contribution in [0.15, 0.2) is 52.1 Å². The highest BCUT2D eigenvalue weighted by atomic mass is 32.2. The van der Waals surface area contributed by atoms with Gasteiger partial charge in [-0.05, 0) is 61.4 Å². The summed E-state index contributed by atoms with van der Waals surface area (Å²) in [6.07, 6.45) is 0. The van der Waals surface area contributed by atoms with E-state index in [0.29, 0.717) is 16.7 Å². The summed E-state index contributed by atoms with van der Waals surface area (Å²) in [5.74, 6) is 1.42. The van der Waals surface area contributed by atoms with Gasteiger partial charge < -0.3 is 9.15 Å². The molecule has 1 aromatic heterocycles. The summed E-state index contributed by atoms with van der Waals surface area (Å²) in [5.41, 5.74) is 3.88. The number of hydrogen-bond acceptors (Lipinski definition) is 6. The minimum atomic E-state index is -0.00131. The third kappa shape index (κ3) is 4.09. The fourth-order valence-corrected chi connectivity index (χ4v) is 2.90. The van der Waals surface area contributed by atoms with Crippen molar-refractivity contribution in [1.29, 1.82) is 0 Å². The molecule has 2 aromatic carbocycles. The number of hydrogen-bond donors (Lipinski definition) is 0. The molecule has 0 fully saturated rings. The highest BCUT2D eigenvalue weighted by Gasteiger charge is 2.13. The smallest absolute Gasteiger partial charge is 0.277 e. The van der Waals surface area contributed by atoms with Crippen LogP contribution in [0.3, 0.4) is 0 Å². The molecule has 3 rings (SSSR count). The molecular weight excluding hydrogens is 336 g/mol. The molecule has 0 saturated carbocycles. The molecule has 0 aliphatic heterocycles. The molecule has 0 saturated heterocycles. The zero-order valence-electron chi connectivity index (χ0n) is 14.3. The maximum Gasteiger partial charge on any atom is 0.277 e. The number of aromatic nitrogens is 2. The number of benzene rings is 2. The topological polar surface area (TPSA) is 65.2 Å². The van der Waals surface area contributed by atoms with Gasteiger partial charge >= 0.3 is 0 Å². The van der Waals surface area contributed by atoms with E-state index < -0.39 is 0 Å². The Morgan fingerprint density at radius 3 is 2.52 bits per heavy atom. The Labute approximate surface area is 150 Å². The molecule has 0 bridgehead atoms. The zero-order chi connectivity index (χ0) is 17.8. The monoisotopic (exact) mass is 354 g/mol. The Bertz CT molecular complexity index is 888. The maximum atomic E-state index is 12.2. The predicted octanol–water partition coefficient (Wildman–Crippen LogP) is 4.34. The van der Waals surface area contributed by atoms with Gasteiger partial charge in [-0.1, -0.05) is 17.8 Å². The Morgan fingerprint density at radius 1 is 1.08 bits per heavy atom. The lowest BCUT2D eigenvalue weighted by molar-refractivity contribution is 0.102. The van der Waals surface area contributed by atoms with Gasteiger partial charge in [-0.2, -0.15) is 0 Å². The highest BCUT2D eigenvalue weighted by molar-refractivity contribution is 7.99. The minimum Gasteiger partial charge on any atom is -0.497 e. The van der Waals surface area contributed by atoms with E-state index in [9.17, 15) is 4.79 Å². The van der Waals surface area contributed by atoms with Crippen LogP contribution in [0.25, 0.3) is 11.5 Å². The molecule has 3 aromatic rings. The quantitative estimate of drug-likeness (QED) is 0.485. The lowest BCUT2D eigenvalue weighted by Crippen LogP contribution is -2.02. The first kappa shape index (κ1) is 17.2.